The molecule has 2 N–H and O–H groups in total. The molecule has 0 aliphatic heterocycles. The highest BCUT2D eigenvalue weighted by Crippen LogP contribution is 2.30. The zero-order chi connectivity index (χ0) is 20.6. The smallest absolute Gasteiger partial charge is 0.435 e. The van der Waals surface area contributed by atoms with Gasteiger partial charge in [-0.05, 0) is 13.0 Å². The minimum absolute atomic E-state index is 0. The first-order valence-electron chi connectivity index (χ1n) is 8.78. The summed E-state index contributed by atoms with van der Waals surface area (Å²) >= 11 is 0. The summed E-state index contributed by atoms with van der Waals surface area (Å²) in [6.07, 6.45) is -1.53. The number of para-hydroxylation sites is 1. The number of guanidine groups is 1. The number of hydrogen-bond donors (Lipinski definition) is 2. The van der Waals surface area contributed by atoms with Gasteiger partial charge in [-0.1, -0.05) is 30.9 Å². The Balaban J connectivity index is 0.00000420. The number of aliphatic imine (C=N–C) groups is 1. The van der Waals surface area contributed by atoms with Gasteiger partial charge in [0.15, 0.2) is 11.7 Å². The number of aromatic nitrogens is 2. The van der Waals surface area contributed by atoms with Crippen molar-refractivity contribution in [1.82, 2.24) is 20.4 Å². The second kappa shape index (κ2) is 11.7. The number of nitrogens with zero attached hydrogens (tertiary/aromatic N) is 3. The predicted molar refractivity (Wildman–Crippen MR) is 117 cm³/mol. The van der Waals surface area contributed by atoms with Crippen molar-refractivity contribution in [3.63, 3.8) is 0 Å². The molecule has 2 aromatic rings. The van der Waals surface area contributed by atoms with Crippen molar-refractivity contribution in [2.45, 2.75) is 26.2 Å². The van der Waals surface area contributed by atoms with Gasteiger partial charge < -0.3 is 15.4 Å². The van der Waals surface area contributed by atoms with E-state index in [0.717, 1.165) is 10.2 Å². The third kappa shape index (κ3) is 7.59. The van der Waals surface area contributed by atoms with Crippen LogP contribution >= 0.6 is 24.0 Å². The van der Waals surface area contributed by atoms with Gasteiger partial charge in [0.2, 0.25) is 0 Å². The van der Waals surface area contributed by atoms with Crippen molar-refractivity contribution in [2.24, 2.45) is 12.0 Å². The van der Waals surface area contributed by atoms with Crippen LogP contribution in [0.15, 0.2) is 48.1 Å². The van der Waals surface area contributed by atoms with E-state index in [1.54, 1.807) is 6.08 Å². The summed E-state index contributed by atoms with van der Waals surface area (Å²) in [6, 6.07) is 7.49. The highest BCUT2D eigenvalue weighted by Gasteiger charge is 2.36. The Hall–Kier alpha value is -2.24. The SMILES string of the molecule is C=CCOc1ccccc1CNC(=NCc1cn(C)nc1C(F)(F)F)NCC.I. The van der Waals surface area contributed by atoms with Crippen molar-refractivity contribution >= 4 is 29.9 Å². The maximum Gasteiger partial charge on any atom is 0.435 e. The Morgan fingerprint density at radius 3 is 2.66 bits per heavy atom. The fourth-order valence-electron chi connectivity index (χ4n) is 2.52. The minimum atomic E-state index is -4.51. The lowest BCUT2D eigenvalue weighted by atomic mass is 10.2. The molecular formula is C19H25F3IN5O. The molecule has 10 heteroatoms. The standard InChI is InChI=1S/C19H24F3N5O.HI/c1-4-10-28-16-9-7-6-8-14(16)11-24-18(23-5-2)25-12-15-13-27(3)26-17(15)19(20,21)22;/h4,6-9,13H,1,5,10-12H2,2-3H3,(H2,23,24,25);1H. The number of ether oxygens (including phenoxy) is 1. The molecule has 2 rings (SSSR count). The summed E-state index contributed by atoms with van der Waals surface area (Å²) in [6.45, 7) is 6.71. The van der Waals surface area contributed by atoms with Gasteiger partial charge in [0.05, 0.1) is 6.54 Å². The van der Waals surface area contributed by atoms with E-state index in [1.807, 2.05) is 31.2 Å². The molecule has 0 aliphatic rings. The van der Waals surface area contributed by atoms with E-state index in [2.05, 4.69) is 27.3 Å². The van der Waals surface area contributed by atoms with Crippen LogP contribution < -0.4 is 15.4 Å². The van der Waals surface area contributed by atoms with Gasteiger partial charge in [0.25, 0.3) is 0 Å². The normalized spacial score (nSPS) is 11.6. The maximum absolute atomic E-state index is 13.1. The zero-order valence-electron chi connectivity index (χ0n) is 16.3. The molecule has 0 spiro atoms. The first-order valence-corrected chi connectivity index (χ1v) is 8.78. The van der Waals surface area contributed by atoms with Gasteiger partial charge in [-0.15, -0.1) is 24.0 Å². The van der Waals surface area contributed by atoms with Gasteiger partial charge in [0, 0.05) is 37.5 Å². The highest BCUT2D eigenvalue weighted by molar-refractivity contribution is 14.0. The van der Waals surface area contributed by atoms with Crippen LogP contribution in [0.1, 0.15) is 23.7 Å². The van der Waals surface area contributed by atoms with Crippen LogP contribution in [-0.4, -0.2) is 28.9 Å². The van der Waals surface area contributed by atoms with Crippen LogP contribution in [0.3, 0.4) is 0 Å². The van der Waals surface area contributed by atoms with E-state index in [9.17, 15) is 13.2 Å². The molecule has 0 saturated heterocycles. The number of halogens is 4. The molecule has 0 atom stereocenters. The minimum Gasteiger partial charge on any atom is -0.489 e. The van der Waals surface area contributed by atoms with E-state index < -0.39 is 11.9 Å². The quantitative estimate of drug-likeness (QED) is 0.239. The molecule has 29 heavy (non-hydrogen) atoms. The Morgan fingerprint density at radius 2 is 2.00 bits per heavy atom. The molecule has 0 fully saturated rings. The first-order chi connectivity index (χ1) is 13.3. The molecular weight excluding hydrogens is 498 g/mol. The molecule has 0 unspecified atom stereocenters. The number of alkyl halides is 3. The van der Waals surface area contributed by atoms with Gasteiger partial charge >= 0.3 is 6.18 Å². The van der Waals surface area contributed by atoms with Crippen LogP contribution in [0.4, 0.5) is 13.2 Å². The summed E-state index contributed by atoms with van der Waals surface area (Å²) in [5, 5.41) is 9.63. The van der Waals surface area contributed by atoms with Crippen molar-refractivity contribution in [2.75, 3.05) is 13.2 Å². The van der Waals surface area contributed by atoms with Gasteiger partial charge in [-0.25, -0.2) is 4.99 Å². The van der Waals surface area contributed by atoms with E-state index >= 15 is 0 Å². The molecule has 0 saturated carbocycles. The van der Waals surface area contributed by atoms with E-state index in [4.69, 9.17) is 4.74 Å². The third-order valence-electron chi connectivity index (χ3n) is 3.70. The van der Waals surface area contributed by atoms with E-state index in [1.165, 1.54) is 13.2 Å². The lowest BCUT2D eigenvalue weighted by molar-refractivity contribution is -0.142. The van der Waals surface area contributed by atoms with Crippen molar-refractivity contribution in [3.8, 4) is 5.75 Å². The van der Waals surface area contributed by atoms with Crippen molar-refractivity contribution in [3.05, 3.63) is 59.9 Å². The average molecular weight is 523 g/mol. The van der Waals surface area contributed by atoms with Gasteiger partial charge in [0.1, 0.15) is 12.4 Å². The third-order valence-corrected chi connectivity index (χ3v) is 3.70. The van der Waals surface area contributed by atoms with Gasteiger partial charge in [-0.3, -0.25) is 4.68 Å². The van der Waals surface area contributed by atoms with Crippen LogP contribution in [-0.2, 0) is 26.3 Å². The molecule has 0 amide bonds. The average Bonchev–Trinajstić information content (AvgIpc) is 3.04. The van der Waals surface area contributed by atoms with Crippen molar-refractivity contribution < 1.29 is 17.9 Å². The zero-order valence-corrected chi connectivity index (χ0v) is 18.6. The van der Waals surface area contributed by atoms with Crippen LogP contribution in [0, 0.1) is 0 Å². The van der Waals surface area contributed by atoms with Gasteiger partial charge in [-0.2, -0.15) is 18.3 Å². The summed E-state index contributed by atoms with van der Waals surface area (Å²) in [5.41, 5.74) is -0.00741. The Kier molecular flexibility index (Phi) is 9.99. The Bertz CT molecular complexity index is 820. The molecule has 6 nitrogen and oxygen atoms in total. The Morgan fingerprint density at radius 1 is 1.28 bits per heavy atom. The summed E-state index contributed by atoms with van der Waals surface area (Å²) < 4.78 is 46.0. The maximum atomic E-state index is 13.1. The van der Waals surface area contributed by atoms with E-state index in [-0.39, 0.29) is 36.1 Å². The van der Waals surface area contributed by atoms with Crippen LogP contribution in [0.25, 0.3) is 0 Å². The molecule has 160 valence electrons. The second-order valence-corrected chi connectivity index (χ2v) is 5.93. The van der Waals surface area contributed by atoms with Crippen molar-refractivity contribution in [1.29, 1.82) is 0 Å². The summed E-state index contributed by atoms with van der Waals surface area (Å²) in [7, 11) is 1.45. The number of benzene rings is 1. The van der Waals surface area contributed by atoms with Crippen LogP contribution in [0.2, 0.25) is 0 Å². The number of hydrogen-bond acceptors (Lipinski definition) is 3. The second-order valence-electron chi connectivity index (χ2n) is 5.93. The first kappa shape index (κ1) is 24.8. The molecule has 1 aromatic heterocycles. The number of nitrogens with one attached hydrogen (secondary N) is 2. The Labute approximate surface area is 185 Å². The lowest BCUT2D eigenvalue weighted by Gasteiger charge is -2.14. The molecule has 0 radical (unpaired) electrons. The summed E-state index contributed by atoms with van der Waals surface area (Å²) in [4.78, 5) is 4.26. The fraction of sp³-hybridized carbons (Fsp3) is 0.368. The molecule has 1 heterocycles. The number of rotatable bonds is 8. The molecule has 0 bridgehead atoms. The van der Waals surface area contributed by atoms with Crippen LogP contribution in [0.5, 0.6) is 5.75 Å². The topological polar surface area (TPSA) is 63.5 Å². The highest BCUT2D eigenvalue weighted by atomic mass is 127. The summed E-state index contributed by atoms with van der Waals surface area (Å²) in [5.74, 6) is 1.11. The lowest BCUT2D eigenvalue weighted by Crippen LogP contribution is -2.36. The largest absolute Gasteiger partial charge is 0.489 e. The number of aryl methyl sites for hydroxylation is 1. The molecule has 0 aliphatic carbocycles. The molecule has 1 aromatic carbocycles. The van der Waals surface area contributed by atoms with E-state index in [0.29, 0.717) is 31.4 Å². The monoisotopic (exact) mass is 523 g/mol. The predicted octanol–water partition coefficient (Wildman–Crippen LogP) is 3.88. The fourth-order valence-corrected chi connectivity index (χ4v) is 2.52.